The molecule has 1 aliphatic heterocycles. The van der Waals surface area contributed by atoms with E-state index in [1.165, 1.54) is 24.3 Å². The van der Waals surface area contributed by atoms with E-state index in [-0.39, 0.29) is 22.9 Å². The third-order valence-corrected chi connectivity index (χ3v) is 5.95. The van der Waals surface area contributed by atoms with E-state index in [1.807, 2.05) is 31.2 Å². The summed E-state index contributed by atoms with van der Waals surface area (Å²) in [4.78, 5) is 27.0. The molecular formula is C21H20FN5O2S. The van der Waals surface area contributed by atoms with Gasteiger partial charge in [-0.05, 0) is 55.7 Å². The number of hydrogen-bond donors (Lipinski definition) is 2. The number of rotatable bonds is 4. The van der Waals surface area contributed by atoms with E-state index < -0.39 is 5.91 Å². The van der Waals surface area contributed by atoms with Crippen LogP contribution < -0.4 is 10.6 Å². The molecule has 2 heterocycles. The summed E-state index contributed by atoms with van der Waals surface area (Å²) in [5, 5.41) is 14.6. The molecule has 2 N–H and O–H groups in total. The van der Waals surface area contributed by atoms with Gasteiger partial charge < -0.3 is 15.5 Å². The van der Waals surface area contributed by atoms with Gasteiger partial charge in [-0.1, -0.05) is 29.5 Å². The lowest BCUT2D eigenvalue weighted by molar-refractivity contribution is 0.102. The summed E-state index contributed by atoms with van der Waals surface area (Å²) >= 11 is 1.16. The van der Waals surface area contributed by atoms with Crippen molar-refractivity contribution in [3.05, 3.63) is 69.9 Å². The Morgan fingerprint density at radius 3 is 2.63 bits per heavy atom. The summed E-state index contributed by atoms with van der Waals surface area (Å²) in [5.74, 6) is -0.796. The molecule has 1 aliphatic rings. The Kier molecular flexibility index (Phi) is 5.71. The number of nitrogens with zero attached hydrogens (tertiary/aromatic N) is 3. The Morgan fingerprint density at radius 2 is 1.87 bits per heavy atom. The first-order valence-corrected chi connectivity index (χ1v) is 10.4. The van der Waals surface area contributed by atoms with Gasteiger partial charge in [0.2, 0.25) is 5.01 Å². The largest absolute Gasteiger partial charge is 0.322 e. The average Bonchev–Trinajstić information content (AvgIpc) is 3.40. The quantitative estimate of drug-likeness (QED) is 0.639. The zero-order valence-electron chi connectivity index (χ0n) is 16.3. The van der Waals surface area contributed by atoms with Gasteiger partial charge >= 0.3 is 6.03 Å². The van der Waals surface area contributed by atoms with Crippen molar-refractivity contribution < 1.29 is 14.0 Å². The maximum Gasteiger partial charge on any atom is 0.322 e. The van der Waals surface area contributed by atoms with Crippen LogP contribution in [0.3, 0.4) is 0 Å². The predicted molar refractivity (Wildman–Crippen MR) is 113 cm³/mol. The number of aromatic nitrogens is 2. The molecule has 0 aliphatic carbocycles. The molecule has 1 saturated heterocycles. The third kappa shape index (κ3) is 4.30. The normalized spacial score (nSPS) is 15.8. The lowest BCUT2D eigenvalue weighted by atomic mass is 10.2. The van der Waals surface area contributed by atoms with Crippen molar-refractivity contribution >= 4 is 34.6 Å². The lowest BCUT2D eigenvalue weighted by Crippen LogP contribution is -2.34. The fraction of sp³-hybridized carbons (Fsp3) is 0.238. The van der Waals surface area contributed by atoms with Crippen LogP contribution in [0, 0.1) is 12.7 Å². The van der Waals surface area contributed by atoms with Gasteiger partial charge in [-0.25, -0.2) is 9.18 Å². The van der Waals surface area contributed by atoms with Crippen LogP contribution in [0.5, 0.6) is 0 Å². The zero-order chi connectivity index (χ0) is 21.1. The SMILES string of the molecule is Cc1ccccc1NC(=O)N1CCC[C@H]1c1nnc(C(=O)Nc2ccc(F)cc2)s1. The molecule has 7 nitrogen and oxygen atoms in total. The van der Waals surface area contributed by atoms with Gasteiger partial charge in [0.25, 0.3) is 5.91 Å². The number of anilines is 2. The van der Waals surface area contributed by atoms with Gasteiger partial charge in [0.15, 0.2) is 0 Å². The van der Waals surface area contributed by atoms with Crippen molar-refractivity contribution in [3.63, 3.8) is 0 Å². The molecule has 3 aromatic rings. The molecule has 0 spiro atoms. The number of carbonyl (C=O) groups is 2. The average molecular weight is 425 g/mol. The van der Waals surface area contributed by atoms with Crippen molar-refractivity contribution in [1.29, 1.82) is 0 Å². The number of amides is 3. The van der Waals surface area contributed by atoms with Crippen LogP contribution in [-0.4, -0.2) is 33.6 Å². The molecule has 30 heavy (non-hydrogen) atoms. The minimum absolute atomic E-state index is 0.195. The van der Waals surface area contributed by atoms with Crippen LogP contribution in [-0.2, 0) is 0 Å². The number of halogens is 1. The fourth-order valence-corrected chi connectivity index (χ4v) is 4.23. The highest BCUT2D eigenvalue weighted by atomic mass is 32.1. The first-order valence-electron chi connectivity index (χ1n) is 9.55. The summed E-state index contributed by atoms with van der Waals surface area (Å²) in [6.07, 6.45) is 1.61. The number of aryl methyl sites for hydroxylation is 1. The first kappa shape index (κ1) is 20.0. The van der Waals surface area contributed by atoms with E-state index in [2.05, 4.69) is 20.8 Å². The molecule has 1 atom stereocenters. The summed E-state index contributed by atoms with van der Waals surface area (Å²) in [6, 6.07) is 12.7. The Hall–Kier alpha value is -3.33. The topological polar surface area (TPSA) is 87.2 Å². The molecule has 1 fully saturated rings. The van der Waals surface area contributed by atoms with Crippen molar-refractivity contribution in [1.82, 2.24) is 15.1 Å². The molecule has 2 aromatic carbocycles. The zero-order valence-corrected chi connectivity index (χ0v) is 17.1. The molecular weight excluding hydrogens is 405 g/mol. The van der Waals surface area contributed by atoms with Crippen LogP contribution in [0.4, 0.5) is 20.6 Å². The van der Waals surface area contributed by atoms with E-state index in [9.17, 15) is 14.0 Å². The van der Waals surface area contributed by atoms with Gasteiger partial charge in [-0.2, -0.15) is 0 Å². The number of likely N-dealkylation sites (tertiary alicyclic amines) is 1. The highest BCUT2D eigenvalue weighted by Gasteiger charge is 2.33. The standard InChI is InChI=1S/C21H20FN5O2S/c1-13-5-2-3-6-16(13)24-21(29)27-12-4-7-17(27)19-25-26-20(30-19)18(28)23-15-10-8-14(22)9-11-15/h2-3,5-6,8-11,17H,4,7,12H2,1H3,(H,23,28)(H,24,29)/t17-/m0/s1. The monoisotopic (exact) mass is 425 g/mol. The van der Waals surface area contributed by atoms with Crippen LogP contribution in [0.1, 0.15) is 39.3 Å². The fourth-order valence-electron chi connectivity index (χ4n) is 3.35. The second-order valence-corrected chi connectivity index (χ2v) is 8.01. The van der Waals surface area contributed by atoms with E-state index >= 15 is 0 Å². The van der Waals surface area contributed by atoms with E-state index in [0.29, 0.717) is 17.2 Å². The predicted octanol–water partition coefficient (Wildman–Crippen LogP) is 4.61. The second kappa shape index (κ2) is 8.58. The maximum absolute atomic E-state index is 13.0. The molecule has 4 rings (SSSR count). The van der Waals surface area contributed by atoms with Crippen molar-refractivity contribution in [2.24, 2.45) is 0 Å². The Balaban J connectivity index is 1.45. The van der Waals surface area contributed by atoms with Gasteiger partial charge in [-0.15, -0.1) is 10.2 Å². The maximum atomic E-state index is 13.0. The Labute approximate surface area is 176 Å². The molecule has 154 valence electrons. The summed E-state index contributed by atoms with van der Waals surface area (Å²) in [6.45, 7) is 2.55. The number of hydrogen-bond acceptors (Lipinski definition) is 5. The van der Waals surface area contributed by atoms with Crippen LogP contribution >= 0.6 is 11.3 Å². The highest BCUT2D eigenvalue weighted by Crippen LogP contribution is 2.34. The van der Waals surface area contributed by atoms with Gasteiger partial charge in [0.1, 0.15) is 10.8 Å². The van der Waals surface area contributed by atoms with Crippen LogP contribution in [0.15, 0.2) is 48.5 Å². The number of urea groups is 1. The summed E-state index contributed by atoms with van der Waals surface area (Å²) in [7, 11) is 0. The molecule has 9 heteroatoms. The molecule has 1 aromatic heterocycles. The molecule has 0 bridgehead atoms. The third-order valence-electron chi connectivity index (χ3n) is 4.92. The molecule has 3 amide bonds. The molecule has 0 unspecified atom stereocenters. The van der Waals surface area contributed by atoms with E-state index in [1.54, 1.807) is 4.90 Å². The summed E-state index contributed by atoms with van der Waals surface area (Å²) in [5.41, 5.74) is 2.22. The smallest absolute Gasteiger partial charge is 0.320 e. The van der Waals surface area contributed by atoms with Gasteiger partial charge in [0.05, 0.1) is 6.04 Å². The lowest BCUT2D eigenvalue weighted by Gasteiger charge is -2.23. The van der Waals surface area contributed by atoms with Crippen molar-refractivity contribution in [2.75, 3.05) is 17.2 Å². The van der Waals surface area contributed by atoms with Crippen LogP contribution in [0.2, 0.25) is 0 Å². The van der Waals surface area contributed by atoms with Gasteiger partial charge in [0, 0.05) is 17.9 Å². The minimum atomic E-state index is -0.417. The highest BCUT2D eigenvalue weighted by molar-refractivity contribution is 7.13. The van der Waals surface area contributed by atoms with Gasteiger partial charge in [-0.3, -0.25) is 4.79 Å². The van der Waals surface area contributed by atoms with E-state index in [4.69, 9.17) is 0 Å². The molecule has 0 radical (unpaired) electrons. The number of nitrogens with one attached hydrogen (secondary N) is 2. The number of carbonyl (C=O) groups excluding carboxylic acids is 2. The Morgan fingerprint density at radius 1 is 1.10 bits per heavy atom. The van der Waals surface area contributed by atoms with Crippen molar-refractivity contribution in [2.45, 2.75) is 25.8 Å². The van der Waals surface area contributed by atoms with E-state index in [0.717, 1.165) is 35.4 Å². The minimum Gasteiger partial charge on any atom is -0.320 e. The first-order chi connectivity index (χ1) is 14.5. The second-order valence-electron chi connectivity index (χ2n) is 7.00. The molecule has 0 saturated carbocycles. The summed E-state index contributed by atoms with van der Waals surface area (Å²) < 4.78 is 13.0. The van der Waals surface area contributed by atoms with Crippen molar-refractivity contribution in [3.8, 4) is 0 Å². The van der Waals surface area contributed by atoms with Crippen LogP contribution in [0.25, 0.3) is 0 Å². The number of benzene rings is 2. The number of para-hydroxylation sites is 1. The Bertz CT molecular complexity index is 1070.